The number of likely N-dealkylation sites (N-methyl/N-ethyl adjacent to an activating group) is 1. The normalized spacial score (nSPS) is 40.3. The van der Waals surface area contributed by atoms with Crippen LogP contribution in [-0.4, -0.2) is 41.9 Å². The number of anilines is 2. The molecule has 1 saturated heterocycles. The van der Waals surface area contributed by atoms with E-state index in [9.17, 15) is 0 Å². The molecule has 1 aromatic rings. The molecule has 4 aliphatic carbocycles. The Balaban J connectivity index is 1.34. The molecular weight excluding hydrogens is 298 g/mol. The lowest BCUT2D eigenvalue weighted by Crippen LogP contribution is -2.54. The van der Waals surface area contributed by atoms with Crippen LogP contribution in [0.3, 0.4) is 0 Å². The predicted molar refractivity (Wildman–Crippen MR) is 96.2 cm³/mol. The van der Waals surface area contributed by atoms with Gasteiger partial charge >= 0.3 is 0 Å². The zero-order valence-electron chi connectivity index (χ0n) is 14.7. The first-order chi connectivity index (χ1) is 11.7. The number of nitrogens with one attached hydrogen (secondary N) is 2. The molecule has 5 fully saturated rings. The molecule has 5 aliphatic rings. The summed E-state index contributed by atoms with van der Waals surface area (Å²) in [4.78, 5) is 2.43. The Morgan fingerprint density at radius 2 is 1.83 bits per heavy atom. The van der Waals surface area contributed by atoms with Gasteiger partial charge in [-0.15, -0.1) is 5.10 Å². The molecule has 2 heterocycles. The zero-order chi connectivity index (χ0) is 16.1. The lowest BCUT2D eigenvalue weighted by molar-refractivity contribution is 0.0105. The summed E-state index contributed by atoms with van der Waals surface area (Å²) in [6, 6.07) is 2.82. The second kappa shape index (κ2) is 5.58. The lowest BCUT2D eigenvalue weighted by atomic mass is 9.53. The Bertz CT molecular complexity index is 580. The Labute approximate surface area is 144 Å². The summed E-state index contributed by atoms with van der Waals surface area (Å²) in [6.07, 6.45) is 11.6. The molecule has 0 amide bonds. The van der Waals surface area contributed by atoms with Gasteiger partial charge in [0, 0.05) is 30.7 Å². The molecule has 4 bridgehead atoms. The van der Waals surface area contributed by atoms with Gasteiger partial charge in [0.25, 0.3) is 0 Å². The first kappa shape index (κ1) is 14.9. The van der Waals surface area contributed by atoms with Gasteiger partial charge in [0.2, 0.25) is 0 Å². The van der Waals surface area contributed by atoms with Crippen LogP contribution in [0.15, 0.2) is 12.3 Å². The summed E-state index contributed by atoms with van der Waals surface area (Å²) in [7, 11) is 2.05. The highest BCUT2D eigenvalue weighted by atomic mass is 15.2. The Morgan fingerprint density at radius 3 is 2.46 bits per heavy atom. The monoisotopic (exact) mass is 327 g/mol. The van der Waals surface area contributed by atoms with Crippen LogP contribution in [0.1, 0.15) is 44.9 Å². The Kier molecular flexibility index (Phi) is 3.47. The first-order valence-corrected chi connectivity index (χ1v) is 9.74. The van der Waals surface area contributed by atoms with Crippen LogP contribution in [0.5, 0.6) is 0 Å². The maximum absolute atomic E-state index is 4.42. The zero-order valence-corrected chi connectivity index (χ0v) is 14.7. The number of rotatable bonds is 4. The summed E-state index contributed by atoms with van der Waals surface area (Å²) in [5.41, 5.74) is 1.52. The highest BCUT2D eigenvalue weighted by Gasteiger charge is 2.51. The van der Waals surface area contributed by atoms with Crippen LogP contribution in [0.25, 0.3) is 0 Å². The van der Waals surface area contributed by atoms with E-state index in [0.717, 1.165) is 36.7 Å². The van der Waals surface area contributed by atoms with Crippen LogP contribution in [-0.2, 0) is 0 Å². The summed E-state index contributed by atoms with van der Waals surface area (Å²) < 4.78 is 0. The van der Waals surface area contributed by atoms with Gasteiger partial charge in [-0.05, 0) is 69.7 Å². The molecule has 5 nitrogen and oxygen atoms in total. The number of aromatic nitrogens is 2. The van der Waals surface area contributed by atoms with Crippen molar-refractivity contribution in [3.8, 4) is 0 Å². The molecule has 130 valence electrons. The summed E-state index contributed by atoms with van der Waals surface area (Å²) >= 11 is 0. The predicted octanol–water partition coefficient (Wildman–Crippen LogP) is 2.66. The minimum atomic E-state index is 0.306. The molecule has 0 spiro atoms. The number of nitrogens with zero attached hydrogens (tertiary/aromatic N) is 3. The van der Waals surface area contributed by atoms with E-state index in [2.05, 4.69) is 38.8 Å². The third-order valence-corrected chi connectivity index (χ3v) is 7.03. The van der Waals surface area contributed by atoms with E-state index in [1.807, 2.05) is 6.20 Å². The maximum atomic E-state index is 4.42. The topological polar surface area (TPSA) is 53.1 Å². The largest absolute Gasteiger partial charge is 0.369 e. The molecule has 1 aromatic heterocycles. The van der Waals surface area contributed by atoms with Crippen molar-refractivity contribution >= 4 is 11.5 Å². The molecule has 0 unspecified atom stereocenters. The molecule has 1 aliphatic heterocycles. The maximum Gasteiger partial charge on any atom is 0.151 e. The van der Waals surface area contributed by atoms with E-state index in [1.54, 1.807) is 0 Å². The molecule has 0 aromatic carbocycles. The lowest BCUT2D eigenvalue weighted by Gasteiger charge is -2.57. The van der Waals surface area contributed by atoms with Crippen LogP contribution in [0.2, 0.25) is 0 Å². The average Bonchev–Trinajstić information content (AvgIpc) is 3.02. The van der Waals surface area contributed by atoms with Crippen molar-refractivity contribution in [2.45, 2.75) is 56.5 Å². The van der Waals surface area contributed by atoms with Gasteiger partial charge in [0.15, 0.2) is 5.82 Å². The molecule has 6 rings (SSSR count). The van der Waals surface area contributed by atoms with Gasteiger partial charge in [0.1, 0.15) is 0 Å². The van der Waals surface area contributed by atoms with Gasteiger partial charge in [-0.2, -0.15) is 5.10 Å². The van der Waals surface area contributed by atoms with Crippen molar-refractivity contribution in [3.63, 3.8) is 0 Å². The molecule has 2 N–H and O–H groups in total. The van der Waals surface area contributed by atoms with Crippen molar-refractivity contribution in [2.75, 3.05) is 30.4 Å². The van der Waals surface area contributed by atoms with Crippen LogP contribution in [0, 0.1) is 17.8 Å². The summed E-state index contributed by atoms with van der Waals surface area (Å²) in [5.74, 6) is 3.85. The standard InChI is InChI=1S/C19H29N5/c1-20-16-2-3-24(12-16)17-7-18(23-21-11-17)22-19-8-13-4-14(9-19)6-15(5-13)10-19/h7,11,13-16,20H,2-6,8-10,12H2,1H3,(H,22,23)/t13?,14?,15?,16-,19?/m1/s1. The SMILES string of the molecule is CN[C@@H]1CCN(c2cnnc(NC34CC5CC(CC(C5)C3)C4)c2)C1. The van der Waals surface area contributed by atoms with Crippen LogP contribution >= 0.6 is 0 Å². The molecular formula is C19H29N5. The quantitative estimate of drug-likeness (QED) is 0.890. The summed E-state index contributed by atoms with van der Waals surface area (Å²) in [6.45, 7) is 2.17. The first-order valence-electron chi connectivity index (χ1n) is 9.74. The van der Waals surface area contributed by atoms with Gasteiger partial charge in [-0.3, -0.25) is 0 Å². The smallest absolute Gasteiger partial charge is 0.151 e. The number of hydrogen-bond acceptors (Lipinski definition) is 5. The second-order valence-corrected chi connectivity index (χ2v) is 8.84. The minimum Gasteiger partial charge on any atom is -0.369 e. The molecule has 4 saturated carbocycles. The highest BCUT2D eigenvalue weighted by molar-refractivity contribution is 5.54. The van der Waals surface area contributed by atoms with Gasteiger partial charge in [-0.1, -0.05) is 0 Å². The van der Waals surface area contributed by atoms with Crippen molar-refractivity contribution < 1.29 is 0 Å². The Morgan fingerprint density at radius 1 is 1.12 bits per heavy atom. The van der Waals surface area contributed by atoms with Gasteiger partial charge < -0.3 is 15.5 Å². The van der Waals surface area contributed by atoms with E-state index in [-0.39, 0.29) is 0 Å². The average molecular weight is 327 g/mol. The number of hydrogen-bond donors (Lipinski definition) is 2. The van der Waals surface area contributed by atoms with E-state index < -0.39 is 0 Å². The van der Waals surface area contributed by atoms with Crippen molar-refractivity contribution in [2.24, 2.45) is 17.8 Å². The van der Waals surface area contributed by atoms with E-state index in [4.69, 9.17) is 0 Å². The van der Waals surface area contributed by atoms with Crippen LogP contribution < -0.4 is 15.5 Å². The molecule has 0 radical (unpaired) electrons. The fourth-order valence-corrected chi connectivity index (χ4v) is 6.36. The highest BCUT2D eigenvalue weighted by Crippen LogP contribution is 2.56. The molecule has 1 atom stereocenters. The fraction of sp³-hybridized carbons (Fsp3) is 0.789. The van der Waals surface area contributed by atoms with Crippen molar-refractivity contribution in [1.82, 2.24) is 15.5 Å². The van der Waals surface area contributed by atoms with Gasteiger partial charge in [-0.25, -0.2) is 0 Å². The molecule has 5 heteroatoms. The fourth-order valence-electron chi connectivity index (χ4n) is 6.36. The van der Waals surface area contributed by atoms with Crippen molar-refractivity contribution in [3.05, 3.63) is 12.3 Å². The van der Waals surface area contributed by atoms with Crippen LogP contribution in [0.4, 0.5) is 11.5 Å². The third kappa shape index (κ3) is 2.57. The van der Waals surface area contributed by atoms with Crippen molar-refractivity contribution in [1.29, 1.82) is 0 Å². The Hall–Kier alpha value is -1.36. The minimum absolute atomic E-state index is 0.306. The van der Waals surface area contributed by atoms with E-state index >= 15 is 0 Å². The van der Waals surface area contributed by atoms with E-state index in [0.29, 0.717) is 11.6 Å². The second-order valence-electron chi connectivity index (χ2n) is 8.84. The van der Waals surface area contributed by atoms with Gasteiger partial charge in [0.05, 0.1) is 11.9 Å². The summed E-state index contributed by atoms with van der Waals surface area (Å²) in [5, 5.41) is 16.0. The van der Waals surface area contributed by atoms with E-state index in [1.165, 1.54) is 50.6 Å². The third-order valence-electron chi connectivity index (χ3n) is 7.03. The molecule has 24 heavy (non-hydrogen) atoms.